The summed E-state index contributed by atoms with van der Waals surface area (Å²) in [7, 11) is 1.90. The highest BCUT2D eigenvalue weighted by Crippen LogP contribution is 2.26. The minimum absolute atomic E-state index is 0. The Hall–Kier alpha value is -1.98. The summed E-state index contributed by atoms with van der Waals surface area (Å²) >= 11 is 0. The molecule has 2 heterocycles. The molecule has 5 nitrogen and oxygen atoms in total. The van der Waals surface area contributed by atoms with E-state index in [-0.39, 0.29) is 24.4 Å². The minimum atomic E-state index is -0.0688. The highest BCUT2D eigenvalue weighted by atomic mass is 35.5. The summed E-state index contributed by atoms with van der Waals surface area (Å²) < 4.78 is 11.2. The van der Waals surface area contributed by atoms with Gasteiger partial charge in [-0.25, -0.2) is 0 Å². The second-order valence-corrected chi connectivity index (χ2v) is 5.39. The van der Waals surface area contributed by atoms with Gasteiger partial charge in [0.1, 0.15) is 5.75 Å². The normalized spacial score (nSPS) is 16.9. The lowest BCUT2D eigenvalue weighted by Gasteiger charge is -2.23. The fourth-order valence-electron chi connectivity index (χ4n) is 2.79. The Balaban J connectivity index is 0.00000192. The van der Waals surface area contributed by atoms with Crippen LogP contribution in [-0.2, 0) is 0 Å². The number of amides is 1. The second-order valence-electron chi connectivity index (χ2n) is 5.39. The van der Waals surface area contributed by atoms with Gasteiger partial charge in [-0.1, -0.05) is 18.2 Å². The van der Waals surface area contributed by atoms with Gasteiger partial charge in [0, 0.05) is 25.2 Å². The lowest BCUT2D eigenvalue weighted by atomic mass is 10.2. The maximum Gasteiger partial charge on any atom is 0.290 e. The number of nitrogens with one attached hydrogen (secondary N) is 1. The summed E-state index contributed by atoms with van der Waals surface area (Å²) in [6.07, 6.45) is 2.06. The number of carbonyl (C=O) groups is 1. The lowest BCUT2D eigenvalue weighted by Crippen LogP contribution is -2.40. The number of halogens is 1. The third-order valence-corrected chi connectivity index (χ3v) is 3.83. The molecular formula is C17H21ClN2O3. The van der Waals surface area contributed by atoms with Crippen LogP contribution < -0.4 is 10.1 Å². The van der Waals surface area contributed by atoms with Crippen molar-refractivity contribution >= 4 is 18.3 Å². The number of carbonyl (C=O) groups excluding carboxylic acids is 1. The first kappa shape index (κ1) is 17.4. The number of likely N-dealkylation sites (tertiary alicyclic amines) is 1. The van der Waals surface area contributed by atoms with E-state index in [0.717, 1.165) is 25.9 Å². The van der Waals surface area contributed by atoms with E-state index in [2.05, 4.69) is 5.32 Å². The molecule has 23 heavy (non-hydrogen) atoms. The fraction of sp³-hybridized carbons (Fsp3) is 0.353. The van der Waals surface area contributed by atoms with Crippen molar-refractivity contribution in [3.8, 4) is 11.7 Å². The fourth-order valence-corrected chi connectivity index (χ4v) is 2.79. The number of nitrogens with zero attached hydrogens (tertiary/aromatic N) is 1. The Morgan fingerprint density at radius 2 is 2.09 bits per heavy atom. The monoisotopic (exact) mass is 336 g/mol. The summed E-state index contributed by atoms with van der Waals surface area (Å²) in [6, 6.07) is 13.0. The molecule has 1 atom stereocenters. The molecule has 3 rings (SSSR count). The van der Waals surface area contributed by atoms with E-state index in [4.69, 9.17) is 9.15 Å². The van der Waals surface area contributed by atoms with Gasteiger partial charge in [-0.3, -0.25) is 4.79 Å². The first-order valence-corrected chi connectivity index (χ1v) is 7.56. The van der Waals surface area contributed by atoms with Crippen LogP contribution >= 0.6 is 12.4 Å². The van der Waals surface area contributed by atoms with Gasteiger partial charge in [-0.15, -0.1) is 12.4 Å². The van der Waals surface area contributed by atoms with Crippen LogP contribution in [0.4, 0.5) is 0 Å². The number of hydrogen-bond donors (Lipinski definition) is 1. The van der Waals surface area contributed by atoms with Crippen LogP contribution in [0.1, 0.15) is 23.4 Å². The first-order valence-electron chi connectivity index (χ1n) is 7.56. The standard InChI is InChI=1S/C17H20N2O3.ClH/c1-18-12-13-6-5-11-19(13)17(20)15-9-10-16(22-15)21-14-7-3-2-4-8-14;/h2-4,7-10,13,18H,5-6,11-12H2,1H3;1H. The first-order chi connectivity index (χ1) is 10.8. The third kappa shape index (κ3) is 4.06. The molecule has 1 fully saturated rings. The zero-order valence-corrected chi connectivity index (χ0v) is 13.8. The van der Waals surface area contributed by atoms with Gasteiger partial charge in [-0.05, 0) is 38.1 Å². The molecule has 0 aliphatic carbocycles. The maximum absolute atomic E-state index is 12.5. The van der Waals surface area contributed by atoms with Crippen LogP contribution in [0, 0.1) is 0 Å². The Kier molecular flexibility index (Phi) is 6.07. The van der Waals surface area contributed by atoms with Crippen molar-refractivity contribution in [2.24, 2.45) is 0 Å². The Morgan fingerprint density at radius 3 is 2.83 bits per heavy atom. The van der Waals surface area contributed by atoms with Crippen molar-refractivity contribution in [3.63, 3.8) is 0 Å². The highest BCUT2D eigenvalue weighted by Gasteiger charge is 2.30. The van der Waals surface area contributed by atoms with Crippen molar-refractivity contribution in [1.29, 1.82) is 0 Å². The molecule has 6 heteroatoms. The number of rotatable bonds is 5. The molecule has 0 radical (unpaired) electrons. The average molecular weight is 337 g/mol. The summed E-state index contributed by atoms with van der Waals surface area (Å²) in [6.45, 7) is 1.58. The van der Waals surface area contributed by atoms with Crippen molar-refractivity contribution in [1.82, 2.24) is 10.2 Å². The smallest absolute Gasteiger partial charge is 0.290 e. The van der Waals surface area contributed by atoms with Gasteiger partial charge in [0.15, 0.2) is 5.76 Å². The lowest BCUT2D eigenvalue weighted by molar-refractivity contribution is 0.0699. The van der Waals surface area contributed by atoms with Crippen LogP contribution in [-0.4, -0.2) is 37.0 Å². The van der Waals surface area contributed by atoms with Crippen LogP contribution in [0.5, 0.6) is 11.7 Å². The van der Waals surface area contributed by atoms with Crippen LogP contribution in [0.3, 0.4) is 0 Å². The zero-order valence-electron chi connectivity index (χ0n) is 13.0. The summed E-state index contributed by atoms with van der Waals surface area (Å²) in [5, 5.41) is 3.13. The number of benzene rings is 1. The molecule has 0 saturated carbocycles. The van der Waals surface area contributed by atoms with Crippen molar-refractivity contribution in [2.45, 2.75) is 18.9 Å². The molecule has 1 aliphatic rings. The Labute approximate surface area is 142 Å². The van der Waals surface area contributed by atoms with Crippen molar-refractivity contribution in [2.75, 3.05) is 20.1 Å². The molecule has 1 aromatic heterocycles. The minimum Gasteiger partial charge on any atom is -0.426 e. The average Bonchev–Trinajstić information content (AvgIpc) is 3.18. The van der Waals surface area contributed by atoms with Gasteiger partial charge < -0.3 is 19.4 Å². The topological polar surface area (TPSA) is 54.7 Å². The molecule has 1 saturated heterocycles. The van der Waals surface area contributed by atoms with E-state index in [9.17, 15) is 4.79 Å². The van der Waals surface area contributed by atoms with Gasteiger partial charge in [-0.2, -0.15) is 0 Å². The van der Waals surface area contributed by atoms with Crippen molar-refractivity contribution < 1.29 is 13.9 Å². The van der Waals surface area contributed by atoms with Gasteiger partial charge in [0.25, 0.3) is 11.9 Å². The van der Waals surface area contributed by atoms with E-state index >= 15 is 0 Å². The molecule has 0 spiro atoms. The van der Waals surface area contributed by atoms with E-state index in [1.807, 2.05) is 42.3 Å². The molecule has 1 unspecified atom stereocenters. The van der Waals surface area contributed by atoms with E-state index in [0.29, 0.717) is 17.5 Å². The predicted octanol–water partition coefficient (Wildman–Crippen LogP) is 3.32. The molecule has 1 aromatic carbocycles. The van der Waals surface area contributed by atoms with Gasteiger partial charge in [0.05, 0.1) is 0 Å². The quantitative estimate of drug-likeness (QED) is 0.910. The van der Waals surface area contributed by atoms with E-state index in [1.165, 1.54) is 0 Å². The number of furan rings is 1. The van der Waals surface area contributed by atoms with Crippen LogP contribution in [0.25, 0.3) is 0 Å². The van der Waals surface area contributed by atoms with Gasteiger partial charge >= 0.3 is 0 Å². The summed E-state index contributed by atoms with van der Waals surface area (Å²) in [5.41, 5.74) is 0. The van der Waals surface area contributed by atoms with Gasteiger partial charge in [0.2, 0.25) is 0 Å². The SMILES string of the molecule is CNCC1CCCN1C(=O)c1ccc(Oc2ccccc2)o1.Cl. The molecule has 0 bridgehead atoms. The van der Waals surface area contributed by atoms with Crippen LogP contribution in [0.2, 0.25) is 0 Å². The largest absolute Gasteiger partial charge is 0.426 e. The Morgan fingerprint density at radius 1 is 1.30 bits per heavy atom. The second kappa shape index (κ2) is 8.04. The molecule has 1 N–H and O–H groups in total. The maximum atomic E-state index is 12.5. The third-order valence-electron chi connectivity index (χ3n) is 3.83. The van der Waals surface area contributed by atoms with E-state index < -0.39 is 0 Å². The number of ether oxygens (including phenoxy) is 1. The molecular weight excluding hydrogens is 316 g/mol. The summed E-state index contributed by atoms with van der Waals surface area (Å²) in [4.78, 5) is 14.4. The summed E-state index contributed by atoms with van der Waals surface area (Å²) in [5.74, 6) is 1.28. The predicted molar refractivity (Wildman–Crippen MR) is 90.5 cm³/mol. The highest BCUT2D eigenvalue weighted by molar-refractivity contribution is 5.92. The molecule has 2 aromatic rings. The van der Waals surface area contributed by atoms with E-state index in [1.54, 1.807) is 12.1 Å². The molecule has 1 amide bonds. The number of hydrogen-bond acceptors (Lipinski definition) is 4. The van der Waals surface area contributed by atoms with Crippen LogP contribution in [0.15, 0.2) is 46.9 Å². The molecule has 1 aliphatic heterocycles. The zero-order chi connectivity index (χ0) is 15.4. The Bertz CT molecular complexity index is 630. The molecule has 124 valence electrons. The number of para-hydroxylation sites is 1. The van der Waals surface area contributed by atoms with Crippen molar-refractivity contribution in [3.05, 3.63) is 48.2 Å². The number of likely N-dealkylation sites (N-methyl/N-ethyl adjacent to an activating group) is 1.